The standard InChI is InChI=1S/C18H16BrNO4/c1-20-10-12(9-8-11-6-4-3-5-7-11)15-13(17(20)21)14(16(19)24-15)18(22)23-2/h3-7,10H,8-9H2,1-2H3. The monoisotopic (exact) mass is 389 g/mol. The van der Waals surface area contributed by atoms with Gasteiger partial charge in [-0.2, -0.15) is 0 Å². The molecule has 3 rings (SSSR count). The van der Waals surface area contributed by atoms with E-state index in [1.807, 2.05) is 18.2 Å². The van der Waals surface area contributed by atoms with Crippen LogP contribution in [0.1, 0.15) is 21.5 Å². The first-order chi connectivity index (χ1) is 11.5. The highest BCUT2D eigenvalue weighted by Crippen LogP contribution is 2.31. The van der Waals surface area contributed by atoms with Crippen LogP contribution in [0.15, 0.2) is 50.4 Å². The van der Waals surface area contributed by atoms with Gasteiger partial charge in [-0.3, -0.25) is 4.79 Å². The van der Waals surface area contributed by atoms with E-state index in [2.05, 4.69) is 28.1 Å². The number of benzene rings is 1. The summed E-state index contributed by atoms with van der Waals surface area (Å²) in [5.74, 6) is -0.599. The van der Waals surface area contributed by atoms with Crippen LogP contribution in [0.3, 0.4) is 0 Å². The molecule has 0 N–H and O–H groups in total. The fourth-order valence-electron chi connectivity index (χ4n) is 2.75. The van der Waals surface area contributed by atoms with E-state index in [4.69, 9.17) is 9.15 Å². The summed E-state index contributed by atoms with van der Waals surface area (Å²) in [5, 5.41) is 0.252. The largest absolute Gasteiger partial charge is 0.465 e. The highest BCUT2D eigenvalue weighted by Gasteiger charge is 2.25. The van der Waals surface area contributed by atoms with Gasteiger partial charge in [0.25, 0.3) is 5.56 Å². The molecule has 0 saturated carbocycles. The quantitative estimate of drug-likeness (QED) is 0.641. The number of halogens is 1. The van der Waals surface area contributed by atoms with E-state index in [1.54, 1.807) is 13.2 Å². The molecule has 24 heavy (non-hydrogen) atoms. The second-order valence-corrected chi connectivity index (χ2v) is 6.22. The Morgan fingerprint density at radius 3 is 2.62 bits per heavy atom. The van der Waals surface area contributed by atoms with Crippen molar-refractivity contribution >= 4 is 32.9 Å². The number of rotatable bonds is 4. The normalized spacial score (nSPS) is 11.0. The van der Waals surface area contributed by atoms with Crippen LogP contribution >= 0.6 is 15.9 Å². The molecular weight excluding hydrogens is 374 g/mol. The fourth-order valence-corrected chi connectivity index (χ4v) is 3.27. The molecule has 6 heteroatoms. The Kier molecular flexibility index (Phi) is 4.57. The summed E-state index contributed by atoms with van der Waals surface area (Å²) in [4.78, 5) is 24.5. The van der Waals surface area contributed by atoms with Crippen LogP contribution in [0, 0.1) is 0 Å². The van der Waals surface area contributed by atoms with Crippen LogP contribution in [0.2, 0.25) is 0 Å². The number of pyridine rings is 1. The van der Waals surface area contributed by atoms with Crippen molar-refractivity contribution in [2.24, 2.45) is 7.05 Å². The number of fused-ring (bicyclic) bond motifs is 1. The van der Waals surface area contributed by atoms with Crippen LogP contribution in [-0.4, -0.2) is 17.6 Å². The van der Waals surface area contributed by atoms with Gasteiger partial charge in [0.15, 0.2) is 4.67 Å². The van der Waals surface area contributed by atoms with Gasteiger partial charge in [-0.05, 0) is 34.3 Å². The highest BCUT2D eigenvalue weighted by molar-refractivity contribution is 9.10. The summed E-state index contributed by atoms with van der Waals surface area (Å²) in [5.41, 5.74) is 2.34. The summed E-state index contributed by atoms with van der Waals surface area (Å²) >= 11 is 3.22. The molecule has 0 spiro atoms. The van der Waals surface area contributed by atoms with Crippen molar-refractivity contribution in [1.82, 2.24) is 4.57 Å². The number of methoxy groups -OCH3 is 1. The van der Waals surface area contributed by atoms with Crippen molar-refractivity contribution in [2.45, 2.75) is 12.8 Å². The molecule has 0 unspecified atom stereocenters. The summed E-state index contributed by atoms with van der Waals surface area (Å²) < 4.78 is 12.1. The first-order valence-electron chi connectivity index (χ1n) is 7.45. The summed E-state index contributed by atoms with van der Waals surface area (Å²) in [6.45, 7) is 0. The summed E-state index contributed by atoms with van der Waals surface area (Å²) in [6, 6.07) is 10.1. The molecular formula is C18H16BrNO4. The first-order valence-corrected chi connectivity index (χ1v) is 8.25. The van der Waals surface area contributed by atoms with Gasteiger partial charge >= 0.3 is 5.97 Å². The lowest BCUT2D eigenvalue weighted by molar-refractivity contribution is 0.0600. The SMILES string of the molecule is COC(=O)c1c(Br)oc2c(CCc3ccccc3)cn(C)c(=O)c12. The molecule has 2 aromatic heterocycles. The van der Waals surface area contributed by atoms with Crippen LogP contribution < -0.4 is 5.56 Å². The van der Waals surface area contributed by atoms with Crippen LogP contribution in [0.25, 0.3) is 11.0 Å². The van der Waals surface area contributed by atoms with E-state index in [1.165, 1.54) is 17.2 Å². The number of aromatic nitrogens is 1. The zero-order valence-electron chi connectivity index (χ0n) is 13.3. The molecule has 0 amide bonds. The van der Waals surface area contributed by atoms with Crippen molar-refractivity contribution < 1.29 is 13.9 Å². The minimum Gasteiger partial charge on any atom is -0.465 e. The van der Waals surface area contributed by atoms with Gasteiger partial charge in [0.1, 0.15) is 16.5 Å². The van der Waals surface area contributed by atoms with E-state index in [9.17, 15) is 9.59 Å². The van der Waals surface area contributed by atoms with Gasteiger partial charge in [-0.25, -0.2) is 4.79 Å². The average molecular weight is 390 g/mol. The third-order valence-corrected chi connectivity index (χ3v) is 4.51. The molecule has 124 valence electrons. The zero-order chi connectivity index (χ0) is 17.3. The minimum absolute atomic E-state index is 0.134. The van der Waals surface area contributed by atoms with E-state index in [-0.39, 0.29) is 21.2 Å². The second-order valence-electron chi connectivity index (χ2n) is 5.50. The maximum absolute atomic E-state index is 12.5. The van der Waals surface area contributed by atoms with Gasteiger partial charge in [0, 0.05) is 18.8 Å². The molecule has 2 heterocycles. The fraction of sp³-hybridized carbons (Fsp3) is 0.222. The Balaban J connectivity index is 2.11. The van der Waals surface area contributed by atoms with Gasteiger partial charge in [-0.15, -0.1) is 0 Å². The van der Waals surface area contributed by atoms with Crippen LogP contribution in [0.4, 0.5) is 0 Å². The van der Waals surface area contributed by atoms with Crippen molar-refractivity contribution in [2.75, 3.05) is 7.11 Å². The first kappa shape index (κ1) is 16.5. The van der Waals surface area contributed by atoms with E-state index < -0.39 is 5.97 Å². The predicted molar refractivity (Wildman–Crippen MR) is 94.3 cm³/mol. The Morgan fingerprint density at radius 2 is 1.96 bits per heavy atom. The number of hydrogen-bond donors (Lipinski definition) is 0. The van der Waals surface area contributed by atoms with Crippen molar-refractivity contribution in [1.29, 1.82) is 0 Å². The number of hydrogen-bond acceptors (Lipinski definition) is 4. The number of esters is 1. The molecule has 0 aliphatic rings. The smallest absolute Gasteiger partial charge is 0.343 e. The molecule has 0 aliphatic carbocycles. The maximum atomic E-state index is 12.5. The third-order valence-electron chi connectivity index (χ3n) is 3.96. The van der Waals surface area contributed by atoms with Crippen LogP contribution in [-0.2, 0) is 24.6 Å². The molecule has 3 aromatic rings. The minimum atomic E-state index is -0.599. The molecule has 0 atom stereocenters. The Morgan fingerprint density at radius 1 is 1.25 bits per heavy atom. The molecule has 0 bridgehead atoms. The number of nitrogens with zero attached hydrogens (tertiary/aromatic N) is 1. The Bertz CT molecular complexity index is 957. The zero-order valence-corrected chi connectivity index (χ0v) is 14.9. The number of furan rings is 1. The summed E-state index contributed by atoms with van der Waals surface area (Å²) in [7, 11) is 2.94. The van der Waals surface area contributed by atoms with Gasteiger partial charge < -0.3 is 13.7 Å². The average Bonchev–Trinajstić information content (AvgIpc) is 2.94. The molecule has 0 fully saturated rings. The van der Waals surface area contributed by atoms with Crippen LogP contribution in [0.5, 0.6) is 0 Å². The lowest BCUT2D eigenvalue weighted by atomic mass is 10.0. The molecule has 0 saturated heterocycles. The molecule has 5 nitrogen and oxygen atoms in total. The third kappa shape index (κ3) is 2.89. The van der Waals surface area contributed by atoms with E-state index in [0.29, 0.717) is 12.0 Å². The molecule has 1 aromatic carbocycles. The number of aryl methyl sites for hydroxylation is 3. The molecule has 0 aliphatic heterocycles. The maximum Gasteiger partial charge on any atom is 0.343 e. The number of carbonyl (C=O) groups excluding carboxylic acids is 1. The lowest BCUT2D eigenvalue weighted by Gasteiger charge is -2.06. The van der Waals surface area contributed by atoms with Crippen molar-refractivity contribution in [3.05, 3.63) is 68.2 Å². The number of carbonyl (C=O) groups is 1. The topological polar surface area (TPSA) is 61.4 Å². The predicted octanol–water partition coefficient (Wildman–Crippen LogP) is 3.47. The van der Waals surface area contributed by atoms with Crippen molar-refractivity contribution in [3.8, 4) is 0 Å². The van der Waals surface area contributed by atoms with E-state index >= 15 is 0 Å². The Labute approximate surface area is 147 Å². The second kappa shape index (κ2) is 6.65. The highest BCUT2D eigenvalue weighted by atomic mass is 79.9. The Hall–Kier alpha value is -2.34. The lowest BCUT2D eigenvalue weighted by Crippen LogP contribution is -2.19. The van der Waals surface area contributed by atoms with Crippen molar-refractivity contribution in [3.63, 3.8) is 0 Å². The van der Waals surface area contributed by atoms with Gasteiger partial charge in [0.2, 0.25) is 0 Å². The summed E-state index contributed by atoms with van der Waals surface area (Å²) in [6.07, 6.45) is 3.25. The van der Waals surface area contributed by atoms with Gasteiger partial charge in [0.05, 0.1) is 7.11 Å². The molecule has 0 radical (unpaired) electrons. The number of ether oxygens (including phenoxy) is 1. The van der Waals surface area contributed by atoms with E-state index in [0.717, 1.165) is 12.0 Å². The van der Waals surface area contributed by atoms with Gasteiger partial charge in [-0.1, -0.05) is 30.3 Å².